The van der Waals surface area contributed by atoms with Crippen molar-refractivity contribution in [3.63, 3.8) is 0 Å². The number of aromatic nitrogens is 6. The summed E-state index contributed by atoms with van der Waals surface area (Å²) in [5, 5.41) is 0. The standard InChI is InChI=1S/2C16H13N3O.Co.2F6P/c2*1-20-12-10-15(13-6-2-4-8-17-13)19-16(11-12)14-7-3-5-9-18-14;;2*1-7(2,3,4,5)6/h2*2-11H,1H3;;;/q;;+2;2*-1. The zero-order valence-corrected chi connectivity index (χ0v) is 30.6. The summed E-state index contributed by atoms with van der Waals surface area (Å²) in [6.07, 6.45) is 6.99. The molecule has 8 nitrogen and oxygen atoms in total. The van der Waals surface area contributed by atoms with Crippen molar-refractivity contribution in [2.24, 2.45) is 0 Å². The Bertz CT molecular complexity index is 1840. The predicted octanol–water partition coefficient (Wildman–Crippen LogP) is 13.2. The van der Waals surface area contributed by atoms with Crippen molar-refractivity contribution in [1.29, 1.82) is 0 Å². The summed E-state index contributed by atoms with van der Waals surface area (Å²) in [7, 11) is -18.0. The van der Waals surface area contributed by atoms with Gasteiger partial charge >= 0.3 is 82.8 Å². The summed E-state index contributed by atoms with van der Waals surface area (Å²) in [6, 6.07) is 30.4. The largest absolute Gasteiger partial charge is 2.00 e. The number of methoxy groups -OCH3 is 2. The van der Waals surface area contributed by atoms with Crippen molar-refractivity contribution in [3.8, 4) is 57.1 Å². The Kier molecular flexibility index (Phi) is 13.8. The normalized spacial score (nSPS) is 13.3. The Morgan fingerprint density at radius 3 is 0.709 bits per heavy atom. The fourth-order valence-corrected chi connectivity index (χ4v) is 3.83. The minimum atomic E-state index is -10.7. The molecule has 0 N–H and O–H groups in total. The van der Waals surface area contributed by atoms with Crippen LogP contribution in [0.15, 0.2) is 122 Å². The van der Waals surface area contributed by atoms with Crippen LogP contribution in [0.1, 0.15) is 0 Å². The Balaban J connectivity index is 0.000000281. The Morgan fingerprint density at radius 1 is 0.364 bits per heavy atom. The first-order valence-corrected chi connectivity index (χ1v) is 18.6. The molecule has 0 aliphatic heterocycles. The van der Waals surface area contributed by atoms with Gasteiger partial charge in [-0.2, -0.15) is 0 Å². The molecule has 6 rings (SSSR count). The van der Waals surface area contributed by atoms with Crippen molar-refractivity contribution in [2.75, 3.05) is 14.2 Å². The maximum absolute atomic E-state index is 10.7. The molecule has 0 saturated carbocycles. The number of hydrogen-bond acceptors (Lipinski definition) is 8. The Morgan fingerprint density at radius 2 is 0.564 bits per heavy atom. The second kappa shape index (κ2) is 16.4. The molecule has 0 aliphatic rings. The molecular formula is C32H26CoF12N6O2P2. The topological polar surface area (TPSA) is 95.8 Å². The average molecular weight is 875 g/mol. The molecule has 0 aliphatic carbocycles. The monoisotopic (exact) mass is 875 g/mol. The van der Waals surface area contributed by atoms with Crippen LogP contribution in [0.25, 0.3) is 45.6 Å². The van der Waals surface area contributed by atoms with Gasteiger partial charge in [0, 0.05) is 49.1 Å². The van der Waals surface area contributed by atoms with Crippen molar-refractivity contribution in [3.05, 3.63) is 122 Å². The summed E-state index contributed by atoms with van der Waals surface area (Å²) in [5.41, 5.74) is 6.31. The molecule has 6 aromatic rings. The van der Waals surface area contributed by atoms with Gasteiger partial charge in [-0.25, -0.2) is 9.97 Å². The molecule has 55 heavy (non-hydrogen) atoms. The third-order valence-electron chi connectivity index (χ3n) is 5.78. The average Bonchev–Trinajstić information content (AvgIpc) is 3.10. The van der Waals surface area contributed by atoms with Crippen LogP contribution in [0.3, 0.4) is 0 Å². The van der Waals surface area contributed by atoms with E-state index in [0.717, 1.165) is 57.1 Å². The van der Waals surface area contributed by atoms with Gasteiger partial charge in [0.2, 0.25) is 0 Å². The van der Waals surface area contributed by atoms with Crippen molar-refractivity contribution < 1.29 is 76.6 Å². The molecule has 0 atom stereocenters. The molecule has 0 bridgehead atoms. The summed E-state index contributed by atoms with van der Waals surface area (Å²) in [4.78, 5) is 26.5. The number of rotatable bonds is 6. The van der Waals surface area contributed by atoms with Crippen LogP contribution in [0.4, 0.5) is 50.4 Å². The van der Waals surface area contributed by atoms with Crippen LogP contribution >= 0.6 is 15.6 Å². The Labute approximate surface area is 314 Å². The third-order valence-corrected chi connectivity index (χ3v) is 5.78. The molecule has 0 aromatic carbocycles. The fraction of sp³-hybridized carbons (Fsp3) is 0.0625. The zero-order valence-electron chi connectivity index (χ0n) is 27.8. The minimum absolute atomic E-state index is 0. The molecule has 6 heterocycles. The van der Waals surface area contributed by atoms with E-state index < -0.39 is 15.6 Å². The molecule has 0 saturated heterocycles. The van der Waals surface area contributed by atoms with E-state index in [2.05, 4.69) is 29.9 Å². The fourth-order valence-electron chi connectivity index (χ4n) is 3.83. The number of hydrogen-bond donors (Lipinski definition) is 0. The van der Waals surface area contributed by atoms with E-state index in [4.69, 9.17) is 9.47 Å². The van der Waals surface area contributed by atoms with Crippen molar-refractivity contribution in [2.45, 2.75) is 0 Å². The summed E-state index contributed by atoms with van der Waals surface area (Å²) in [5.74, 6) is 1.47. The van der Waals surface area contributed by atoms with Gasteiger partial charge in [0.15, 0.2) is 0 Å². The van der Waals surface area contributed by atoms with E-state index in [-0.39, 0.29) is 16.8 Å². The van der Waals surface area contributed by atoms with E-state index in [1.54, 1.807) is 39.0 Å². The quantitative estimate of drug-likeness (QED) is 0.121. The molecule has 6 aromatic heterocycles. The zero-order chi connectivity index (χ0) is 40.4. The summed E-state index contributed by atoms with van der Waals surface area (Å²) in [6.45, 7) is 0. The first-order valence-electron chi connectivity index (χ1n) is 14.5. The molecule has 0 fully saturated rings. The van der Waals surface area contributed by atoms with Crippen LogP contribution in [-0.4, -0.2) is 44.1 Å². The third kappa shape index (κ3) is 21.5. The van der Waals surface area contributed by atoms with Gasteiger partial charge in [-0.05, 0) is 48.5 Å². The first kappa shape index (κ1) is 46.2. The molecule has 0 amide bonds. The van der Waals surface area contributed by atoms with E-state index in [0.29, 0.717) is 0 Å². The number of ether oxygens (including phenoxy) is 2. The van der Waals surface area contributed by atoms with Crippen LogP contribution < -0.4 is 9.47 Å². The van der Waals surface area contributed by atoms with Crippen LogP contribution in [0, 0.1) is 0 Å². The van der Waals surface area contributed by atoms with Crippen LogP contribution in [0.2, 0.25) is 0 Å². The smallest absolute Gasteiger partial charge is 2.00 e. The number of halogens is 12. The van der Waals surface area contributed by atoms with Crippen molar-refractivity contribution in [1.82, 2.24) is 29.9 Å². The van der Waals surface area contributed by atoms with Gasteiger partial charge in [0.1, 0.15) is 11.5 Å². The maximum Gasteiger partial charge on any atom is 2.00 e. The minimum Gasteiger partial charge on any atom is 2.00 e. The van der Waals surface area contributed by atoms with Crippen molar-refractivity contribution >= 4 is 15.6 Å². The van der Waals surface area contributed by atoms with Gasteiger partial charge < -0.3 is 9.47 Å². The molecule has 0 spiro atoms. The first-order chi connectivity index (χ1) is 24.6. The summed E-state index contributed by atoms with van der Waals surface area (Å²) >= 11 is 0. The van der Waals surface area contributed by atoms with Gasteiger partial charge in [0.05, 0.1) is 59.8 Å². The van der Waals surface area contributed by atoms with E-state index in [9.17, 15) is 50.4 Å². The second-order valence-electron chi connectivity index (χ2n) is 10.3. The van der Waals surface area contributed by atoms with E-state index in [1.807, 2.05) is 97.1 Å². The van der Waals surface area contributed by atoms with Gasteiger partial charge in [0.25, 0.3) is 0 Å². The van der Waals surface area contributed by atoms with Gasteiger partial charge in [-0.3, -0.25) is 19.9 Å². The van der Waals surface area contributed by atoms with Gasteiger partial charge in [-0.15, -0.1) is 0 Å². The summed E-state index contributed by atoms with van der Waals surface area (Å²) < 4.78 is 129. The number of nitrogens with zero attached hydrogens (tertiary/aromatic N) is 6. The molecular weight excluding hydrogens is 849 g/mol. The second-order valence-corrected chi connectivity index (χ2v) is 14.2. The van der Waals surface area contributed by atoms with E-state index >= 15 is 0 Å². The van der Waals surface area contributed by atoms with Crippen LogP contribution in [0.5, 0.6) is 11.5 Å². The van der Waals surface area contributed by atoms with Gasteiger partial charge in [-0.1, -0.05) is 24.3 Å². The SMILES string of the molecule is COc1cc(-c2ccccn2)nc(-c2ccccn2)c1.COc1cc(-c2ccccn2)nc(-c2ccccn2)c1.F[P-](F)(F)(F)(F)F.F[P-](F)(F)(F)(F)F.[Co+2]. The predicted molar refractivity (Wildman–Crippen MR) is 182 cm³/mol. The molecule has 1 radical (unpaired) electrons. The van der Waals surface area contributed by atoms with Crippen LogP contribution in [-0.2, 0) is 16.8 Å². The maximum atomic E-state index is 9.87. The van der Waals surface area contributed by atoms with E-state index in [1.165, 1.54) is 0 Å². The number of pyridine rings is 6. The Hall–Kier alpha value is -4.97. The molecule has 0 unspecified atom stereocenters. The molecule has 299 valence electrons. The molecule has 23 heteroatoms.